The first kappa shape index (κ1) is 20.8. The number of rotatable bonds is 5. The van der Waals surface area contributed by atoms with Crippen molar-refractivity contribution in [3.63, 3.8) is 0 Å². The van der Waals surface area contributed by atoms with E-state index in [2.05, 4.69) is 5.32 Å². The maximum absolute atomic E-state index is 13.2. The monoisotopic (exact) mass is 438 g/mol. The van der Waals surface area contributed by atoms with Crippen LogP contribution in [-0.2, 0) is 14.8 Å². The molecule has 0 spiro atoms. The second-order valence-electron chi connectivity index (χ2n) is 5.45. The number of anilines is 2. The third-order valence-corrected chi connectivity index (χ3v) is 5.70. The molecule has 0 heterocycles. The molecular weight excluding hydrogens is 426 g/mol. The molecule has 2 rings (SSSR count). The van der Waals surface area contributed by atoms with Crippen LogP contribution in [0.4, 0.5) is 15.8 Å². The van der Waals surface area contributed by atoms with Crippen molar-refractivity contribution in [2.75, 3.05) is 15.9 Å². The molecule has 5 nitrogen and oxygen atoms in total. The zero-order chi connectivity index (χ0) is 19.6. The Bertz CT molecular complexity index is 954. The van der Waals surface area contributed by atoms with Crippen LogP contribution in [-0.4, -0.2) is 26.6 Å². The Hall–Kier alpha value is -1.54. The van der Waals surface area contributed by atoms with Gasteiger partial charge in [0.25, 0.3) is 0 Å². The molecule has 140 valence electrons. The van der Waals surface area contributed by atoms with Crippen LogP contribution < -0.4 is 9.62 Å². The average molecular weight is 440 g/mol. The van der Waals surface area contributed by atoms with Gasteiger partial charge in [0.1, 0.15) is 11.9 Å². The quantitative estimate of drug-likeness (QED) is 0.741. The van der Waals surface area contributed by atoms with E-state index in [0.29, 0.717) is 0 Å². The number of nitrogens with zero attached hydrogens (tertiary/aromatic N) is 1. The van der Waals surface area contributed by atoms with E-state index in [1.54, 1.807) is 0 Å². The Morgan fingerprint density at radius 1 is 1.08 bits per heavy atom. The van der Waals surface area contributed by atoms with Crippen molar-refractivity contribution in [2.45, 2.75) is 13.0 Å². The van der Waals surface area contributed by atoms with Gasteiger partial charge in [-0.05, 0) is 43.3 Å². The largest absolute Gasteiger partial charge is 0.324 e. The molecule has 2 aromatic carbocycles. The topological polar surface area (TPSA) is 66.5 Å². The summed E-state index contributed by atoms with van der Waals surface area (Å²) >= 11 is 17.5. The summed E-state index contributed by atoms with van der Waals surface area (Å²) in [6, 6.07) is 6.74. The third-order valence-electron chi connectivity index (χ3n) is 3.43. The van der Waals surface area contributed by atoms with Crippen molar-refractivity contribution in [3.05, 3.63) is 57.3 Å². The average Bonchev–Trinajstić information content (AvgIpc) is 2.53. The van der Waals surface area contributed by atoms with E-state index in [1.807, 2.05) is 0 Å². The van der Waals surface area contributed by atoms with Gasteiger partial charge in [-0.15, -0.1) is 0 Å². The number of benzene rings is 2. The van der Waals surface area contributed by atoms with Crippen LogP contribution in [0.15, 0.2) is 36.4 Å². The minimum Gasteiger partial charge on any atom is -0.324 e. The molecule has 0 saturated carbocycles. The van der Waals surface area contributed by atoms with Gasteiger partial charge in [0, 0.05) is 5.69 Å². The van der Waals surface area contributed by atoms with Gasteiger partial charge >= 0.3 is 0 Å². The van der Waals surface area contributed by atoms with Crippen molar-refractivity contribution in [1.82, 2.24) is 0 Å². The summed E-state index contributed by atoms with van der Waals surface area (Å²) in [5.41, 5.74) is 0.414. The van der Waals surface area contributed by atoms with Crippen molar-refractivity contribution in [3.8, 4) is 0 Å². The minimum absolute atomic E-state index is 0.149. The summed E-state index contributed by atoms with van der Waals surface area (Å²) in [5.74, 6) is -1.27. The van der Waals surface area contributed by atoms with Crippen LogP contribution in [0.2, 0.25) is 15.1 Å². The summed E-state index contributed by atoms with van der Waals surface area (Å²) in [7, 11) is -3.81. The van der Waals surface area contributed by atoms with Crippen molar-refractivity contribution >= 4 is 62.1 Å². The second kappa shape index (κ2) is 8.00. The maximum atomic E-state index is 13.2. The molecule has 0 radical (unpaired) electrons. The molecule has 26 heavy (non-hydrogen) atoms. The van der Waals surface area contributed by atoms with Crippen LogP contribution in [0, 0.1) is 5.82 Å². The number of carbonyl (C=O) groups excluding carboxylic acids is 1. The summed E-state index contributed by atoms with van der Waals surface area (Å²) in [5, 5.41) is 2.74. The lowest BCUT2D eigenvalue weighted by Crippen LogP contribution is -2.45. The fraction of sp³-hybridized carbons (Fsp3) is 0.188. The van der Waals surface area contributed by atoms with Crippen LogP contribution >= 0.6 is 34.8 Å². The molecule has 0 aliphatic heterocycles. The van der Waals surface area contributed by atoms with Gasteiger partial charge in [-0.25, -0.2) is 12.8 Å². The van der Waals surface area contributed by atoms with Crippen LogP contribution in [0.1, 0.15) is 6.92 Å². The van der Waals surface area contributed by atoms with E-state index in [1.165, 1.54) is 37.3 Å². The first-order valence-corrected chi connectivity index (χ1v) is 10.2. The van der Waals surface area contributed by atoms with E-state index in [-0.39, 0.29) is 26.4 Å². The molecule has 0 aromatic heterocycles. The normalized spacial score (nSPS) is 12.5. The molecular formula is C16H14Cl3FN2O3S. The van der Waals surface area contributed by atoms with Crippen LogP contribution in [0.5, 0.6) is 0 Å². The van der Waals surface area contributed by atoms with Crippen molar-refractivity contribution in [2.24, 2.45) is 0 Å². The molecule has 0 aliphatic carbocycles. The molecule has 0 bridgehead atoms. The summed E-state index contributed by atoms with van der Waals surface area (Å²) < 4.78 is 38.6. The van der Waals surface area contributed by atoms with E-state index in [0.717, 1.165) is 16.6 Å². The van der Waals surface area contributed by atoms with Gasteiger partial charge < -0.3 is 5.32 Å². The molecule has 10 heteroatoms. The lowest BCUT2D eigenvalue weighted by Gasteiger charge is -2.28. The van der Waals surface area contributed by atoms with Gasteiger partial charge in [-0.1, -0.05) is 34.8 Å². The van der Waals surface area contributed by atoms with Crippen LogP contribution in [0.25, 0.3) is 0 Å². The van der Waals surface area contributed by atoms with Gasteiger partial charge in [-0.3, -0.25) is 9.10 Å². The lowest BCUT2D eigenvalue weighted by molar-refractivity contribution is -0.116. The molecule has 1 atom stereocenters. The standard InChI is InChI=1S/C16H14Cl3FN2O3S/c1-9(16(23)21-10-3-6-15(20)14(19)7-10)22(26(2,24)25)11-4-5-12(17)13(18)8-11/h3-9H,1-2H3,(H,21,23). The number of hydrogen-bond donors (Lipinski definition) is 1. The molecule has 0 aliphatic rings. The number of sulfonamides is 1. The highest BCUT2D eigenvalue weighted by atomic mass is 35.5. The molecule has 1 amide bonds. The molecule has 2 aromatic rings. The number of carbonyl (C=O) groups is 1. The molecule has 0 fully saturated rings. The van der Waals surface area contributed by atoms with E-state index < -0.39 is 27.8 Å². The highest BCUT2D eigenvalue weighted by molar-refractivity contribution is 7.92. The molecule has 1 unspecified atom stereocenters. The SMILES string of the molecule is CC(C(=O)Nc1ccc(F)c(Cl)c1)N(c1ccc(Cl)c(Cl)c1)S(C)(=O)=O. The summed E-state index contributed by atoms with van der Waals surface area (Å²) in [6.45, 7) is 1.41. The highest BCUT2D eigenvalue weighted by Gasteiger charge is 2.29. The Balaban J connectivity index is 2.34. The number of amides is 1. The summed E-state index contributed by atoms with van der Waals surface area (Å²) in [6.07, 6.45) is 0.966. The number of hydrogen-bond acceptors (Lipinski definition) is 3. The zero-order valence-corrected chi connectivity index (χ0v) is 16.7. The first-order chi connectivity index (χ1) is 12.0. The van der Waals surface area contributed by atoms with Gasteiger partial charge in [0.15, 0.2) is 0 Å². The first-order valence-electron chi connectivity index (χ1n) is 7.21. The predicted octanol–water partition coefficient (Wildman–Crippen LogP) is 4.58. The molecule has 1 N–H and O–H groups in total. The molecule has 0 saturated heterocycles. The zero-order valence-electron chi connectivity index (χ0n) is 13.6. The third kappa shape index (κ3) is 4.79. The second-order valence-corrected chi connectivity index (χ2v) is 8.53. The smallest absolute Gasteiger partial charge is 0.247 e. The lowest BCUT2D eigenvalue weighted by atomic mass is 10.2. The minimum atomic E-state index is -3.81. The summed E-state index contributed by atoms with van der Waals surface area (Å²) in [4.78, 5) is 12.5. The van der Waals surface area contributed by atoms with Crippen LogP contribution in [0.3, 0.4) is 0 Å². The van der Waals surface area contributed by atoms with Gasteiger partial charge in [0.2, 0.25) is 15.9 Å². The van der Waals surface area contributed by atoms with E-state index >= 15 is 0 Å². The number of nitrogens with one attached hydrogen (secondary N) is 1. The number of halogens is 4. The van der Waals surface area contributed by atoms with Gasteiger partial charge in [0.05, 0.1) is 27.0 Å². The highest BCUT2D eigenvalue weighted by Crippen LogP contribution is 2.30. The Morgan fingerprint density at radius 3 is 2.27 bits per heavy atom. The Morgan fingerprint density at radius 2 is 1.73 bits per heavy atom. The fourth-order valence-electron chi connectivity index (χ4n) is 2.25. The maximum Gasteiger partial charge on any atom is 0.247 e. The Labute approximate surface area is 165 Å². The van der Waals surface area contributed by atoms with E-state index in [4.69, 9.17) is 34.8 Å². The predicted molar refractivity (Wildman–Crippen MR) is 103 cm³/mol. The van der Waals surface area contributed by atoms with Gasteiger partial charge in [-0.2, -0.15) is 0 Å². The van der Waals surface area contributed by atoms with E-state index in [9.17, 15) is 17.6 Å². The van der Waals surface area contributed by atoms with Crippen molar-refractivity contribution < 1.29 is 17.6 Å². The van der Waals surface area contributed by atoms with Crippen molar-refractivity contribution in [1.29, 1.82) is 0 Å². The fourth-order valence-corrected chi connectivity index (χ4v) is 3.89. The Kier molecular flexibility index (Phi) is 6.39.